The molecule has 24 fully saturated rings. The van der Waals surface area contributed by atoms with E-state index >= 15 is 0 Å². The molecule has 0 amide bonds. The van der Waals surface area contributed by atoms with Crippen LogP contribution in [0.4, 0.5) is 0 Å². The summed E-state index contributed by atoms with van der Waals surface area (Å²) in [6.45, 7) is 43.2. The highest BCUT2D eigenvalue weighted by Crippen LogP contribution is 2.70. The minimum atomic E-state index is -0.415. The van der Waals surface area contributed by atoms with Gasteiger partial charge in [0.05, 0.1) is 82.1 Å². The van der Waals surface area contributed by atoms with Gasteiger partial charge in [-0.1, -0.05) is 69.2 Å². The Labute approximate surface area is 839 Å². The lowest BCUT2D eigenvalue weighted by Gasteiger charge is -2.54. The van der Waals surface area contributed by atoms with E-state index in [0.29, 0.717) is 66.4 Å². The van der Waals surface area contributed by atoms with Gasteiger partial charge in [0.1, 0.15) is 0 Å². The van der Waals surface area contributed by atoms with Crippen LogP contribution in [0.3, 0.4) is 0 Å². The van der Waals surface area contributed by atoms with Crippen molar-refractivity contribution in [2.75, 3.05) is 20.4 Å². The largest absolute Gasteiger partial charge is 0.438 e. The first-order chi connectivity index (χ1) is 66.2. The van der Waals surface area contributed by atoms with E-state index in [1.54, 1.807) is 0 Å². The molecule has 0 aromatic carbocycles. The summed E-state index contributed by atoms with van der Waals surface area (Å²) in [5.41, 5.74) is -1.62. The van der Waals surface area contributed by atoms with Crippen LogP contribution in [0, 0.1) is 205 Å². The predicted octanol–water partition coefficient (Wildman–Crippen LogP) is 26.0. The van der Waals surface area contributed by atoms with E-state index < -0.39 is 34.2 Å². The Kier molecular flexibility index (Phi) is 37.1. The van der Waals surface area contributed by atoms with Gasteiger partial charge in [0.25, 0.3) is 0 Å². The van der Waals surface area contributed by atoms with Gasteiger partial charge in [-0.2, -0.15) is 0 Å². The van der Waals surface area contributed by atoms with Crippen molar-refractivity contribution in [2.24, 2.45) is 205 Å². The van der Waals surface area contributed by atoms with Crippen LogP contribution in [0.15, 0.2) is 0 Å². The molecule has 139 heavy (non-hydrogen) atoms. The Morgan fingerprint density at radius 1 is 0.237 bits per heavy atom. The molecule has 21 heteroatoms. The molecular weight excluding hydrogens is 1750 g/mol. The van der Waals surface area contributed by atoms with Gasteiger partial charge in [0.15, 0.2) is 45.5 Å². The Balaban J connectivity index is 0.000000123. The maximum atomic E-state index is 12.2. The normalized spacial score (nSPS) is 40.3. The van der Waals surface area contributed by atoms with Gasteiger partial charge >= 0.3 is 41.8 Å². The van der Waals surface area contributed by atoms with Gasteiger partial charge in [0.2, 0.25) is 0 Å². The summed E-state index contributed by atoms with van der Waals surface area (Å²) in [5, 5.41) is 0. The average molecular weight is 1950 g/mol. The molecule has 0 radical (unpaired) electrons. The lowest BCUT2D eigenvalue weighted by Crippen LogP contribution is -2.50. The second kappa shape index (κ2) is 47.2. The molecule has 0 aliphatic heterocycles. The van der Waals surface area contributed by atoms with Crippen molar-refractivity contribution in [1.82, 2.24) is 0 Å². The zero-order chi connectivity index (χ0) is 99.6. The Bertz CT molecular complexity index is 3920. The Morgan fingerprint density at radius 2 is 0.518 bits per heavy atom. The first kappa shape index (κ1) is 109. The standard InChI is InChI=1S/C19H30O3.C18H28O3.C18H30O3.2C17H28O3.C15H26O3.C14H24O3/c1-4-19(2,3)18(20)22-10-21-15-9-13-8-14(15)17-12-6-5-11(7-12)16(13)17;1-3-10(2)18(19)21-9-20-15-8-13-7-14(15)17-12-5-4-11(6-12)16(13)17;1-5-18(3,4)17(19)21-11(2)20-16-14-7-12-6-13(9-14)10-15(16)8-12;1-4-17(2,3)16(18)20-10-19-15-13-6-11-5-12(8-13)9-14(15)7-11;1-4-10(2)17(18)20-11(3)19-16-14-6-12-5-13(8-14)9-15(16)7-12;1-5-15(3,4)14(16)18-10(2)17-13-9-11-6-7-12(13)8-11;1-4-9(2)14(15)17-10(3)16-13-8-11-5-6-12(13)7-11/h11-17H,4-10H2,1-3H3;10-17H,3-9H2,1-2H3;11-16H,5-10H2,1-4H3;11-15H,4-10H2,1-3H3;10-16H,4-9H2,1-3H3;10-13H,5-9H2,1-4H3;9-13H,4-8H2,1-3H3. The lowest BCUT2D eigenvalue weighted by atomic mass is 9.55. The quantitative estimate of drug-likeness (QED) is 0.0247. The Hall–Kier alpha value is -3.99. The molecule has 792 valence electrons. The van der Waals surface area contributed by atoms with Crippen LogP contribution in [0.25, 0.3) is 0 Å². The van der Waals surface area contributed by atoms with Crippen LogP contribution < -0.4 is 0 Å². The van der Waals surface area contributed by atoms with E-state index in [4.69, 9.17) is 66.3 Å². The minimum Gasteiger partial charge on any atom is -0.438 e. The highest BCUT2D eigenvalue weighted by molar-refractivity contribution is 5.77. The molecule has 0 spiro atoms. The molecule has 0 aromatic heterocycles. The van der Waals surface area contributed by atoms with Crippen LogP contribution in [0.2, 0.25) is 0 Å². The van der Waals surface area contributed by atoms with Gasteiger partial charge in [-0.15, -0.1) is 0 Å². The first-order valence-corrected chi connectivity index (χ1v) is 58.0. The molecule has 24 rings (SSSR count). The third-order valence-electron chi connectivity index (χ3n) is 41.8. The molecule has 24 aliphatic carbocycles. The summed E-state index contributed by atoms with van der Waals surface area (Å²) < 4.78 is 79.8. The van der Waals surface area contributed by atoms with Gasteiger partial charge in [-0.05, 0) is 506 Å². The SMILES string of the molecule is CCC(C)(C)C(=O)OC(C)OC1C2CC3CC(C2)CC1C3.CCC(C)(C)C(=O)OC(C)OC1CC2CCC1C2.CCC(C)(C)C(=O)OCOC1C2CC3CC(C2)CC1C3.CCC(C)(C)C(=O)OCOC1CC2CC1C1C3CCC(C3)C21.CCC(C)C(=O)OC(C)OC1C2CC3CC(C2)CC1C3.CCC(C)C(=O)OC(C)OC1CC2CCC1C2.CCC(C)C(=O)OCOC1CC2CC1C1C3CCC(C3)C21. The number of hydrogen-bond acceptors (Lipinski definition) is 21. The highest BCUT2D eigenvalue weighted by Gasteiger charge is 2.65. The number of ether oxygens (including phenoxy) is 14. The fraction of sp³-hybridized carbons (Fsp3) is 0.941. The topological polar surface area (TPSA) is 249 Å². The summed E-state index contributed by atoms with van der Waals surface area (Å²) in [6, 6.07) is 0. The van der Waals surface area contributed by atoms with Gasteiger partial charge < -0.3 is 66.3 Å². The van der Waals surface area contributed by atoms with Crippen molar-refractivity contribution in [3.05, 3.63) is 0 Å². The van der Waals surface area contributed by atoms with Gasteiger partial charge in [-0.3, -0.25) is 33.6 Å². The van der Waals surface area contributed by atoms with Crippen molar-refractivity contribution in [3.63, 3.8) is 0 Å². The van der Waals surface area contributed by atoms with Gasteiger partial charge in [0, 0.05) is 0 Å². The molecule has 24 aliphatic rings. The second-order valence-electron chi connectivity index (χ2n) is 52.5. The van der Waals surface area contributed by atoms with Crippen LogP contribution in [-0.2, 0) is 99.9 Å². The van der Waals surface area contributed by atoms with Crippen LogP contribution >= 0.6 is 0 Å². The molecule has 27 atom stereocenters. The number of carbonyl (C=O) groups excluding carboxylic acids is 7. The van der Waals surface area contributed by atoms with Crippen molar-refractivity contribution >= 4 is 41.8 Å². The summed E-state index contributed by atoms with van der Waals surface area (Å²) >= 11 is 0. The molecule has 0 saturated heterocycles. The van der Waals surface area contributed by atoms with Crippen LogP contribution in [0.5, 0.6) is 0 Å². The fourth-order valence-electron chi connectivity index (χ4n) is 32.8. The van der Waals surface area contributed by atoms with E-state index in [1.165, 1.54) is 199 Å². The minimum absolute atomic E-state index is 0.0106. The smallest absolute Gasteiger partial charge is 0.313 e. The third kappa shape index (κ3) is 25.9. The number of rotatable bonds is 35. The van der Waals surface area contributed by atoms with E-state index in [9.17, 15) is 33.6 Å². The summed E-state index contributed by atoms with van der Waals surface area (Å²) in [6.07, 6.45) is 51.2. The van der Waals surface area contributed by atoms with Gasteiger partial charge in [-0.25, -0.2) is 0 Å². The maximum absolute atomic E-state index is 12.2. The predicted molar refractivity (Wildman–Crippen MR) is 534 cm³/mol. The van der Waals surface area contributed by atoms with Crippen LogP contribution in [-0.4, -0.2) is 130 Å². The van der Waals surface area contributed by atoms with Crippen molar-refractivity contribution in [1.29, 1.82) is 0 Å². The Morgan fingerprint density at radius 3 is 0.842 bits per heavy atom. The summed E-state index contributed by atoms with van der Waals surface area (Å²) in [5.74, 6) is 23.5. The second-order valence-corrected chi connectivity index (χ2v) is 52.5. The third-order valence-corrected chi connectivity index (χ3v) is 41.8. The monoisotopic (exact) mass is 1950 g/mol. The molecule has 27 unspecified atom stereocenters. The number of esters is 7. The lowest BCUT2D eigenvalue weighted by molar-refractivity contribution is -0.224. The molecule has 21 nitrogen and oxygen atoms in total. The molecule has 0 aromatic rings. The molecule has 24 saturated carbocycles. The number of fused-ring (bicyclic) bond motifs is 22. The summed E-state index contributed by atoms with van der Waals surface area (Å²) in [4.78, 5) is 83.2. The highest BCUT2D eigenvalue weighted by atomic mass is 16.7. The average Bonchev–Trinajstić information content (AvgIpc) is 1.55. The van der Waals surface area contributed by atoms with Crippen molar-refractivity contribution in [2.45, 2.75) is 477 Å². The zero-order valence-corrected chi connectivity index (χ0v) is 90.7. The molecule has 0 heterocycles. The summed E-state index contributed by atoms with van der Waals surface area (Å²) in [7, 11) is 0. The van der Waals surface area contributed by atoms with E-state index in [-0.39, 0.29) is 92.5 Å². The van der Waals surface area contributed by atoms with E-state index in [0.717, 1.165) is 200 Å². The fourth-order valence-corrected chi connectivity index (χ4v) is 32.8. The molecule has 24 bridgehead atoms. The van der Waals surface area contributed by atoms with E-state index in [2.05, 4.69) is 0 Å². The maximum Gasteiger partial charge on any atom is 0.313 e. The van der Waals surface area contributed by atoms with Crippen molar-refractivity contribution in [3.8, 4) is 0 Å². The zero-order valence-electron chi connectivity index (χ0n) is 90.7. The molecular formula is C118H194O21. The van der Waals surface area contributed by atoms with E-state index in [1.807, 2.05) is 152 Å². The number of carbonyl (C=O) groups is 7. The first-order valence-electron chi connectivity index (χ1n) is 58.0. The van der Waals surface area contributed by atoms with Crippen LogP contribution in [0.1, 0.15) is 409 Å². The van der Waals surface area contributed by atoms with Crippen molar-refractivity contribution < 1.29 is 99.9 Å². The number of hydrogen-bond donors (Lipinski definition) is 0. The molecule has 0 N–H and O–H groups in total.